The Bertz CT molecular complexity index is 908. The van der Waals surface area contributed by atoms with Crippen molar-refractivity contribution in [1.82, 2.24) is 9.21 Å². The van der Waals surface area contributed by atoms with E-state index < -0.39 is 10.0 Å². The van der Waals surface area contributed by atoms with Gasteiger partial charge in [0.15, 0.2) is 0 Å². The molecule has 0 bridgehead atoms. The van der Waals surface area contributed by atoms with Crippen LogP contribution in [0, 0.1) is 0 Å². The largest absolute Gasteiger partial charge is 0.395 e. The zero-order valence-electron chi connectivity index (χ0n) is 17.7. The van der Waals surface area contributed by atoms with Crippen molar-refractivity contribution < 1.29 is 13.5 Å². The first-order chi connectivity index (χ1) is 14.3. The van der Waals surface area contributed by atoms with E-state index >= 15 is 0 Å². The molecule has 30 heavy (non-hydrogen) atoms. The number of sulfonamides is 1. The number of halogens is 1. The molecule has 2 aromatic carbocycles. The molecule has 1 fully saturated rings. The summed E-state index contributed by atoms with van der Waals surface area (Å²) in [5.41, 5.74) is 2.56. The number of rotatable bonds is 8. The van der Waals surface area contributed by atoms with E-state index in [1.807, 2.05) is 7.05 Å². The summed E-state index contributed by atoms with van der Waals surface area (Å²) in [5.74, 6) is 0.470. The van der Waals surface area contributed by atoms with E-state index in [2.05, 4.69) is 29.2 Å². The standard InChI is InChI=1S/C23H31ClN2O3S/c1-25(15-16-27)17-18-3-5-19(6-4-18)20-7-11-22(12-8-20)26(2)30(28,29)23-13-9-21(24)10-14-23/h3-6,9-10,13-14,20,22,27H,7-8,11-12,15-17H2,1-2H3. The third kappa shape index (κ3) is 5.62. The Morgan fingerprint density at radius 2 is 1.57 bits per heavy atom. The average Bonchev–Trinajstić information content (AvgIpc) is 2.74. The third-order valence-corrected chi connectivity index (χ3v) is 8.26. The molecule has 0 unspecified atom stereocenters. The zero-order chi connectivity index (χ0) is 21.7. The highest BCUT2D eigenvalue weighted by molar-refractivity contribution is 7.89. The number of hydrogen-bond acceptors (Lipinski definition) is 4. The summed E-state index contributed by atoms with van der Waals surface area (Å²) in [4.78, 5) is 2.38. The predicted molar refractivity (Wildman–Crippen MR) is 121 cm³/mol. The summed E-state index contributed by atoms with van der Waals surface area (Å²) < 4.78 is 27.4. The topological polar surface area (TPSA) is 60.9 Å². The molecule has 1 N–H and O–H groups in total. The lowest BCUT2D eigenvalue weighted by Gasteiger charge is -2.34. The van der Waals surface area contributed by atoms with Crippen molar-refractivity contribution in [3.8, 4) is 0 Å². The van der Waals surface area contributed by atoms with E-state index in [-0.39, 0.29) is 12.6 Å². The Hall–Kier alpha value is -1.44. The molecule has 1 saturated carbocycles. The molecule has 5 nitrogen and oxygen atoms in total. The Labute approximate surface area is 185 Å². The summed E-state index contributed by atoms with van der Waals surface area (Å²) >= 11 is 5.89. The molecule has 1 aliphatic rings. The summed E-state index contributed by atoms with van der Waals surface area (Å²) in [7, 11) is 0.180. The zero-order valence-corrected chi connectivity index (χ0v) is 19.2. The van der Waals surface area contributed by atoms with Gasteiger partial charge in [0.05, 0.1) is 11.5 Å². The van der Waals surface area contributed by atoms with Crippen LogP contribution in [-0.2, 0) is 16.6 Å². The van der Waals surface area contributed by atoms with Gasteiger partial charge in [-0.15, -0.1) is 0 Å². The van der Waals surface area contributed by atoms with Gasteiger partial charge in [-0.05, 0) is 74.0 Å². The van der Waals surface area contributed by atoms with Gasteiger partial charge in [-0.25, -0.2) is 8.42 Å². The van der Waals surface area contributed by atoms with E-state index in [1.165, 1.54) is 15.4 Å². The van der Waals surface area contributed by atoms with Crippen molar-refractivity contribution >= 4 is 21.6 Å². The molecule has 164 valence electrons. The molecule has 2 aromatic rings. The molecule has 0 spiro atoms. The maximum atomic E-state index is 12.9. The number of aliphatic hydroxyl groups excluding tert-OH is 1. The second-order valence-corrected chi connectivity index (χ2v) is 10.6. The van der Waals surface area contributed by atoms with Crippen LogP contribution in [0.5, 0.6) is 0 Å². The van der Waals surface area contributed by atoms with Crippen LogP contribution < -0.4 is 0 Å². The minimum Gasteiger partial charge on any atom is -0.395 e. The highest BCUT2D eigenvalue weighted by atomic mass is 35.5. The van der Waals surface area contributed by atoms with Crippen molar-refractivity contribution in [2.75, 3.05) is 27.2 Å². The van der Waals surface area contributed by atoms with Crippen LogP contribution in [0.15, 0.2) is 53.4 Å². The fourth-order valence-electron chi connectivity index (χ4n) is 4.20. The summed E-state index contributed by atoms with van der Waals surface area (Å²) in [6.45, 7) is 1.65. The van der Waals surface area contributed by atoms with Crippen molar-refractivity contribution in [1.29, 1.82) is 0 Å². The number of aliphatic hydroxyl groups is 1. The van der Waals surface area contributed by atoms with E-state index in [0.29, 0.717) is 22.4 Å². The van der Waals surface area contributed by atoms with Gasteiger partial charge in [0, 0.05) is 31.2 Å². The van der Waals surface area contributed by atoms with Gasteiger partial charge in [-0.3, -0.25) is 4.90 Å². The molecule has 0 heterocycles. The minimum atomic E-state index is -3.51. The van der Waals surface area contributed by atoms with Gasteiger partial charge in [-0.1, -0.05) is 35.9 Å². The van der Waals surface area contributed by atoms with Crippen LogP contribution in [0.4, 0.5) is 0 Å². The number of likely N-dealkylation sites (N-methyl/N-ethyl adjacent to an activating group) is 1. The maximum Gasteiger partial charge on any atom is 0.243 e. The van der Waals surface area contributed by atoms with Crippen LogP contribution in [0.2, 0.25) is 5.02 Å². The maximum absolute atomic E-state index is 12.9. The van der Waals surface area contributed by atoms with E-state index in [0.717, 1.165) is 32.2 Å². The van der Waals surface area contributed by atoms with Gasteiger partial charge >= 0.3 is 0 Å². The summed E-state index contributed by atoms with van der Waals surface area (Å²) in [5, 5.41) is 9.56. The van der Waals surface area contributed by atoms with Gasteiger partial charge in [0.25, 0.3) is 0 Å². The van der Waals surface area contributed by atoms with E-state index in [1.54, 1.807) is 31.3 Å². The quantitative estimate of drug-likeness (QED) is 0.657. The fraction of sp³-hybridized carbons (Fsp3) is 0.478. The molecule has 0 radical (unpaired) electrons. The van der Waals surface area contributed by atoms with Crippen LogP contribution in [0.25, 0.3) is 0 Å². The third-order valence-electron chi connectivity index (χ3n) is 6.09. The molecule has 7 heteroatoms. The van der Waals surface area contributed by atoms with Gasteiger partial charge in [-0.2, -0.15) is 4.31 Å². The van der Waals surface area contributed by atoms with Gasteiger partial charge < -0.3 is 5.11 Å². The molecule has 0 aliphatic heterocycles. The van der Waals surface area contributed by atoms with E-state index in [9.17, 15) is 8.42 Å². The van der Waals surface area contributed by atoms with Crippen LogP contribution in [0.3, 0.4) is 0 Å². The van der Waals surface area contributed by atoms with Gasteiger partial charge in [0.2, 0.25) is 10.0 Å². The van der Waals surface area contributed by atoms with Crippen molar-refractivity contribution in [2.24, 2.45) is 0 Å². The lowest BCUT2D eigenvalue weighted by atomic mass is 9.81. The Morgan fingerprint density at radius 3 is 2.13 bits per heavy atom. The number of hydrogen-bond donors (Lipinski definition) is 1. The molecular formula is C23H31ClN2O3S. The molecule has 3 rings (SSSR count). The molecule has 0 saturated heterocycles. The smallest absolute Gasteiger partial charge is 0.243 e. The van der Waals surface area contributed by atoms with Crippen molar-refractivity contribution in [2.45, 2.75) is 49.1 Å². The molecule has 0 atom stereocenters. The summed E-state index contributed by atoms with van der Waals surface area (Å²) in [6.07, 6.45) is 3.67. The first-order valence-electron chi connectivity index (χ1n) is 10.4. The Kier molecular flexibility index (Phi) is 7.93. The molecule has 0 amide bonds. The Balaban J connectivity index is 1.58. The normalized spacial score (nSPS) is 20.1. The Morgan fingerprint density at radius 1 is 0.967 bits per heavy atom. The number of nitrogens with zero attached hydrogens (tertiary/aromatic N) is 2. The lowest BCUT2D eigenvalue weighted by Crippen LogP contribution is -2.39. The number of benzene rings is 2. The summed E-state index contributed by atoms with van der Waals surface area (Å²) in [6, 6.07) is 15.1. The van der Waals surface area contributed by atoms with E-state index in [4.69, 9.17) is 16.7 Å². The van der Waals surface area contributed by atoms with Crippen LogP contribution in [-0.4, -0.2) is 56.0 Å². The molecule has 1 aliphatic carbocycles. The monoisotopic (exact) mass is 450 g/mol. The first kappa shape index (κ1) is 23.2. The van der Waals surface area contributed by atoms with Crippen LogP contribution >= 0.6 is 11.6 Å². The minimum absolute atomic E-state index is 0.0216. The van der Waals surface area contributed by atoms with Gasteiger partial charge in [0.1, 0.15) is 0 Å². The van der Waals surface area contributed by atoms with Crippen molar-refractivity contribution in [3.63, 3.8) is 0 Å². The SMILES string of the molecule is CN(CCO)Cc1ccc(C2CCC(N(C)S(=O)(=O)c3ccc(Cl)cc3)CC2)cc1. The predicted octanol–water partition coefficient (Wildman–Crippen LogP) is 4.11. The highest BCUT2D eigenvalue weighted by Crippen LogP contribution is 2.36. The fourth-order valence-corrected chi connectivity index (χ4v) is 5.74. The second-order valence-electron chi connectivity index (χ2n) is 8.18. The molecular weight excluding hydrogens is 420 g/mol. The van der Waals surface area contributed by atoms with Crippen molar-refractivity contribution in [3.05, 3.63) is 64.7 Å². The molecule has 0 aromatic heterocycles. The first-order valence-corrected chi connectivity index (χ1v) is 12.2. The highest BCUT2D eigenvalue weighted by Gasteiger charge is 2.31. The average molecular weight is 451 g/mol. The van der Waals surface area contributed by atoms with Crippen LogP contribution in [0.1, 0.15) is 42.7 Å². The lowest BCUT2D eigenvalue weighted by molar-refractivity contribution is 0.217. The second kappa shape index (κ2) is 10.2.